The van der Waals surface area contributed by atoms with Gasteiger partial charge >= 0.3 is 6.03 Å². The first-order chi connectivity index (χ1) is 28.9. The molecule has 4 aliphatic heterocycles. The Hall–Kier alpha value is -5.45. The van der Waals surface area contributed by atoms with E-state index in [9.17, 15) is 14.4 Å². The number of urea groups is 1. The van der Waals surface area contributed by atoms with Gasteiger partial charge in [-0.05, 0) is 68.5 Å². The van der Waals surface area contributed by atoms with E-state index in [0.717, 1.165) is 40.4 Å². The maximum Gasteiger partial charge on any atom is 0.319 e. The maximum absolute atomic E-state index is 11.6. The van der Waals surface area contributed by atoms with Crippen molar-refractivity contribution in [2.45, 2.75) is 114 Å². The van der Waals surface area contributed by atoms with Gasteiger partial charge < -0.3 is 36.6 Å². The molecule has 0 radical (unpaired) electrons. The minimum Gasteiger partial charge on any atom is -0.363 e. The Labute approximate surface area is 370 Å². The van der Waals surface area contributed by atoms with E-state index in [2.05, 4.69) is 158 Å². The summed E-state index contributed by atoms with van der Waals surface area (Å²) < 4.78 is 5.69. The Morgan fingerprint density at radius 1 is 0.500 bits per heavy atom. The number of hydrogen-bond acceptors (Lipinski definition) is 6. The van der Waals surface area contributed by atoms with Gasteiger partial charge in [-0.15, -0.1) is 0 Å². The molecule has 0 saturated carbocycles. The zero-order chi connectivity index (χ0) is 45.6. The fourth-order valence-electron chi connectivity index (χ4n) is 8.29. The summed E-state index contributed by atoms with van der Waals surface area (Å²) >= 11 is 0. The van der Waals surface area contributed by atoms with Crippen LogP contribution in [0.1, 0.15) is 136 Å². The van der Waals surface area contributed by atoms with Crippen LogP contribution in [0, 0.1) is 21.7 Å². The number of rotatable bonds is 0. The molecular weight excluding hydrogens is 773 g/mol. The molecule has 10 nitrogen and oxygen atoms in total. The molecule has 4 aromatic carbocycles. The third-order valence-corrected chi connectivity index (χ3v) is 11.4. The highest BCUT2D eigenvalue weighted by atomic mass is 16.5. The first kappa shape index (κ1) is 47.6. The molecule has 0 aromatic heterocycles. The van der Waals surface area contributed by atoms with Crippen LogP contribution < -0.4 is 31.9 Å². The Kier molecular flexibility index (Phi) is 14.8. The predicted molar refractivity (Wildman–Crippen MR) is 255 cm³/mol. The zero-order valence-electron chi connectivity index (χ0n) is 39.0. The summed E-state index contributed by atoms with van der Waals surface area (Å²) in [5, 5.41) is 18.5. The van der Waals surface area contributed by atoms with Gasteiger partial charge in [0.05, 0.1) is 12.1 Å². The van der Waals surface area contributed by atoms with Crippen molar-refractivity contribution in [3.8, 4) is 0 Å². The Bertz CT molecular complexity index is 2060. The number of amides is 4. The third-order valence-electron chi connectivity index (χ3n) is 11.4. The van der Waals surface area contributed by atoms with Gasteiger partial charge in [-0.2, -0.15) is 0 Å². The summed E-state index contributed by atoms with van der Waals surface area (Å²) in [5.74, 6) is 0.371. The molecule has 0 fully saturated rings. The largest absolute Gasteiger partial charge is 0.363 e. The Morgan fingerprint density at radius 3 is 1.45 bits per heavy atom. The van der Waals surface area contributed by atoms with Crippen molar-refractivity contribution in [3.63, 3.8) is 0 Å². The second-order valence-electron chi connectivity index (χ2n) is 20.9. The van der Waals surface area contributed by atoms with Crippen LogP contribution in [0.15, 0.2) is 109 Å². The normalized spacial score (nSPS) is 20.7. The van der Waals surface area contributed by atoms with Crippen molar-refractivity contribution in [2.24, 2.45) is 21.7 Å². The second kappa shape index (κ2) is 19.3. The summed E-state index contributed by atoms with van der Waals surface area (Å²) in [5.41, 5.74) is 10.1. The van der Waals surface area contributed by atoms with Crippen LogP contribution >= 0.6 is 0 Å². The van der Waals surface area contributed by atoms with Crippen LogP contribution in [0.5, 0.6) is 0 Å². The van der Waals surface area contributed by atoms with Crippen molar-refractivity contribution >= 4 is 40.6 Å². The molecular formula is C52H70N6O4. The molecule has 0 saturated heterocycles. The first-order valence-corrected chi connectivity index (χ1v) is 21.8. The van der Waals surface area contributed by atoms with Crippen LogP contribution in [-0.4, -0.2) is 31.0 Å². The van der Waals surface area contributed by atoms with Crippen molar-refractivity contribution in [1.82, 2.24) is 10.6 Å². The summed E-state index contributed by atoms with van der Waals surface area (Å²) in [6, 6.07) is 32.6. The number of anilines is 4. The number of para-hydroxylation sites is 4. The zero-order valence-corrected chi connectivity index (χ0v) is 39.0. The molecule has 4 atom stereocenters. The molecule has 4 aliphatic rings. The fraction of sp³-hybridized carbons (Fsp3) is 0.442. The SMILES string of the molecule is C=C1CNC(C(C)(C)C)c2ccccc2N1.CC(C)(C)C1CC(=O)Nc2ccccc21.CC(C)(C)C1NC(=O)Nc2ccccc21.CC(C)(C)C1OCC(=O)Nc2ccccc21. The van der Waals surface area contributed by atoms with E-state index >= 15 is 0 Å². The van der Waals surface area contributed by atoms with Crippen molar-refractivity contribution in [2.75, 3.05) is 34.4 Å². The molecule has 0 bridgehead atoms. The molecule has 332 valence electrons. The molecule has 62 heavy (non-hydrogen) atoms. The van der Waals surface area contributed by atoms with Crippen molar-refractivity contribution < 1.29 is 19.1 Å². The van der Waals surface area contributed by atoms with E-state index in [4.69, 9.17) is 4.74 Å². The molecule has 0 aliphatic carbocycles. The molecule has 4 unspecified atom stereocenters. The summed E-state index contributed by atoms with van der Waals surface area (Å²) in [4.78, 5) is 34.5. The molecule has 10 heteroatoms. The average molecular weight is 843 g/mol. The maximum atomic E-state index is 11.6. The lowest BCUT2D eigenvalue weighted by atomic mass is 9.72. The van der Waals surface area contributed by atoms with Crippen molar-refractivity contribution in [3.05, 3.63) is 132 Å². The van der Waals surface area contributed by atoms with Gasteiger partial charge in [-0.1, -0.05) is 162 Å². The number of carbonyl (C=O) groups is 3. The lowest BCUT2D eigenvalue weighted by molar-refractivity contribution is -0.124. The molecule has 4 amide bonds. The number of fused-ring (bicyclic) bond motifs is 4. The van der Waals surface area contributed by atoms with Crippen LogP contribution in [0.25, 0.3) is 0 Å². The lowest BCUT2D eigenvalue weighted by Gasteiger charge is -2.36. The van der Waals surface area contributed by atoms with Gasteiger partial charge in [0, 0.05) is 53.0 Å². The molecule has 8 rings (SSSR count). The Morgan fingerprint density at radius 2 is 0.935 bits per heavy atom. The van der Waals surface area contributed by atoms with Crippen LogP contribution in [0.4, 0.5) is 27.5 Å². The molecule has 0 spiro atoms. The third kappa shape index (κ3) is 12.3. The van der Waals surface area contributed by atoms with Gasteiger partial charge in [0.1, 0.15) is 6.61 Å². The summed E-state index contributed by atoms with van der Waals surface area (Å²) in [7, 11) is 0. The summed E-state index contributed by atoms with van der Waals surface area (Å²) in [6.07, 6.45) is 0.545. The van der Waals surface area contributed by atoms with Crippen LogP contribution in [-0.2, 0) is 14.3 Å². The smallest absolute Gasteiger partial charge is 0.319 e. The minimum atomic E-state index is -0.117. The van der Waals surface area contributed by atoms with Crippen LogP contribution in [0.3, 0.4) is 0 Å². The first-order valence-electron chi connectivity index (χ1n) is 21.8. The lowest BCUT2D eigenvalue weighted by Crippen LogP contribution is -2.43. The monoisotopic (exact) mass is 843 g/mol. The number of ether oxygens (including phenoxy) is 1. The van der Waals surface area contributed by atoms with Gasteiger partial charge in [0.25, 0.3) is 0 Å². The highest BCUT2D eigenvalue weighted by Crippen LogP contribution is 2.44. The van der Waals surface area contributed by atoms with Gasteiger partial charge in [-0.3, -0.25) is 9.59 Å². The number of benzene rings is 4. The van der Waals surface area contributed by atoms with Gasteiger partial charge in [-0.25, -0.2) is 4.79 Å². The van der Waals surface area contributed by atoms with Gasteiger partial charge in [0.15, 0.2) is 0 Å². The van der Waals surface area contributed by atoms with E-state index in [1.807, 2.05) is 60.7 Å². The van der Waals surface area contributed by atoms with E-state index in [0.29, 0.717) is 18.4 Å². The molecule has 4 heterocycles. The van der Waals surface area contributed by atoms with E-state index in [1.54, 1.807) is 0 Å². The predicted octanol–water partition coefficient (Wildman–Crippen LogP) is 12.1. The fourth-order valence-corrected chi connectivity index (χ4v) is 8.29. The number of carbonyl (C=O) groups excluding carboxylic acids is 3. The average Bonchev–Trinajstić information content (AvgIpc) is 3.47. The Balaban J connectivity index is 0.000000156. The summed E-state index contributed by atoms with van der Waals surface area (Å²) in [6.45, 7) is 31.0. The van der Waals surface area contributed by atoms with Crippen molar-refractivity contribution in [1.29, 1.82) is 0 Å². The standard InChI is InChI=1S/C14H20N2.C13H17NO2.C13H17NO.C12H16N2O/c1-10-9-15-13(14(2,3)4)11-7-5-6-8-12(11)16-10;1-13(2,3)12-9-6-4-5-7-10(9)14-11(15)8-16-12;1-13(2,3)10-8-12(15)14-11-7-5-4-6-9(10)11;1-12(2,3)10-8-6-4-5-7-9(8)13-11(15)14-10/h5-8,13,15-16H,1,9H2,2-4H3;4-7,12H,8H2,1-3H3,(H,14,15);4-7,10H,8H2,1-3H3,(H,14,15);4-7,10H,1-3H3,(H2,13,14,15). The van der Waals surface area contributed by atoms with Gasteiger partial charge in [0.2, 0.25) is 11.8 Å². The highest BCUT2D eigenvalue weighted by molar-refractivity contribution is 5.95. The minimum absolute atomic E-state index is 0.0217. The molecule has 6 N–H and O–H groups in total. The van der Waals surface area contributed by atoms with E-state index in [-0.39, 0.29) is 58.3 Å². The number of hydrogen-bond donors (Lipinski definition) is 6. The van der Waals surface area contributed by atoms with E-state index < -0.39 is 0 Å². The van der Waals surface area contributed by atoms with E-state index in [1.165, 1.54) is 16.8 Å². The topological polar surface area (TPSA) is 133 Å². The number of nitrogens with one attached hydrogen (secondary N) is 6. The second-order valence-corrected chi connectivity index (χ2v) is 20.9. The molecule has 4 aromatic rings. The quantitative estimate of drug-likeness (QED) is 0.104. The van der Waals surface area contributed by atoms with Crippen LogP contribution in [0.2, 0.25) is 0 Å². The highest BCUT2D eigenvalue weighted by Gasteiger charge is 2.35.